The van der Waals surface area contributed by atoms with Crippen LogP contribution in [-0.4, -0.2) is 44.7 Å². The predicted octanol–water partition coefficient (Wildman–Crippen LogP) is 4.42. The second kappa shape index (κ2) is 8.60. The van der Waals surface area contributed by atoms with Crippen molar-refractivity contribution in [2.24, 2.45) is 0 Å². The van der Waals surface area contributed by atoms with Gasteiger partial charge in [0.2, 0.25) is 0 Å². The van der Waals surface area contributed by atoms with Gasteiger partial charge < -0.3 is 14.2 Å². The fourth-order valence-electron chi connectivity index (χ4n) is 2.49. The van der Waals surface area contributed by atoms with E-state index in [-0.39, 0.29) is 18.6 Å². The van der Waals surface area contributed by atoms with Crippen molar-refractivity contribution in [3.63, 3.8) is 0 Å². The van der Waals surface area contributed by atoms with Crippen LogP contribution in [0.25, 0.3) is 10.1 Å². The van der Waals surface area contributed by atoms with Gasteiger partial charge in [0.25, 0.3) is 0 Å². The Morgan fingerprint density at radius 2 is 1.75 bits per heavy atom. The summed E-state index contributed by atoms with van der Waals surface area (Å²) in [6.07, 6.45) is -0.378. The summed E-state index contributed by atoms with van der Waals surface area (Å²) >= 11 is 1.30. The van der Waals surface area contributed by atoms with Gasteiger partial charge in [-0.3, -0.25) is 14.5 Å². The molecule has 7 nitrogen and oxygen atoms in total. The number of fused-ring (bicyclic) bond motifs is 1. The number of ether oxygens (including phenoxy) is 3. The van der Waals surface area contributed by atoms with E-state index < -0.39 is 17.7 Å². The number of nitrogens with zero attached hydrogens (tertiary/aromatic N) is 1. The third-order valence-electron chi connectivity index (χ3n) is 3.91. The van der Waals surface area contributed by atoms with Gasteiger partial charge in [-0.25, -0.2) is 4.79 Å². The van der Waals surface area contributed by atoms with E-state index >= 15 is 0 Å². The molecule has 0 fully saturated rings. The minimum absolute atomic E-state index is 0.0412. The molecular formula is C20H25NO6S. The lowest BCUT2D eigenvalue weighted by Crippen LogP contribution is -2.34. The van der Waals surface area contributed by atoms with Crippen molar-refractivity contribution in [1.29, 1.82) is 0 Å². The average molecular weight is 407 g/mol. The molecule has 152 valence electrons. The molecule has 0 aliphatic rings. The Morgan fingerprint density at radius 1 is 1.07 bits per heavy atom. The minimum atomic E-state index is -0.620. The van der Waals surface area contributed by atoms with E-state index in [0.29, 0.717) is 16.3 Å². The average Bonchev–Trinajstić information content (AvgIpc) is 3.05. The zero-order valence-electron chi connectivity index (χ0n) is 17.0. The number of methoxy groups -OCH3 is 2. The number of carbonyl (C=O) groups is 3. The van der Waals surface area contributed by atoms with Crippen LogP contribution >= 0.6 is 11.3 Å². The molecule has 0 aliphatic heterocycles. The lowest BCUT2D eigenvalue weighted by atomic mass is 10.1. The molecule has 0 saturated carbocycles. The molecule has 0 aliphatic carbocycles. The van der Waals surface area contributed by atoms with Gasteiger partial charge in [-0.2, -0.15) is 0 Å². The first-order chi connectivity index (χ1) is 13.1. The first kappa shape index (κ1) is 21.7. The second-order valence-corrected chi connectivity index (χ2v) is 8.29. The highest BCUT2D eigenvalue weighted by molar-refractivity contribution is 7.20. The highest BCUT2D eigenvalue weighted by Gasteiger charge is 2.24. The van der Waals surface area contributed by atoms with E-state index in [2.05, 4.69) is 4.74 Å². The molecule has 28 heavy (non-hydrogen) atoms. The monoisotopic (exact) mass is 407 g/mol. The zero-order valence-corrected chi connectivity index (χ0v) is 17.8. The number of thiophene rings is 1. The van der Waals surface area contributed by atoms with Crippen molar-refractivity contribution in [2.75, 3.05) is 26.2 Å². The minimum Gasteiger partial charge on any atom is -0.495 e. The third kappa shape index (κ3) is 5.22. The number of esters is 1. The Bertz CT molecular complexity index is 896. The summed E-state index contributed by atoms with van der Waals surface area (Å²) in [5.41, 5.74) is -0.0788. The number of carbonyl (C=O) groups excluding carboxylic acids is 3. The van der Waals surface area contributed by atoms with E-state index in [0.717, 1.165) is 10.1 Å². The lowest BCUT2D eigenvalue weighted by molar-refractivity contribution is -0.140. The van der Waals surface area contributed by atoms with Crippen LogP contribution in [0.2, 0.25) is 0 Å². The van der Waals surface area contributed by atoms with Gasteiger partial charge in [-0.05, 0) is 44.4 Å². The number of rotatable bonds is 6. The van der Waals surface area contributed by atoms with Crippen molar-refractivity contribution in [3.05, 3.63) is 23.1 Å². The number of Topliss-reactive ketones (excluding diaryl/α,β-unsaturated/α-hetero) is 1. The largest absolute Gasteiger partial charge is 0.495 e. The number of ketones is 1. The van der Waals surface area contributed by atoms with Crippen LogP contribution in [0.1, 0.15) is 43.3 Å². The number of hydrogen-bond acceptors (Lipinski definition) is 7. The number of benzene rings is 1. The van der Waals surface area contributed by atoms with Crippen LogP contribution in [0.3, 0.4) is 0 Å². The van der Waals surface area contributed by atoms with Gasteiger partial charge in [0, 0.05) is 18.2 Å². The maximum atomic E-state index is 12.4. The lowest BCUT2D eigenvalue weighted by Gasteiger charge is -2.25. The first-order valence-corrected chi connectivity index (χ1v) is 9.55. The smallest absolute Gasteiger partial charge is 0.414 e. The summed E-state index contributed by atoms with van der Waals surface area (Å²) in [6.45, 7) is 5.39. The van der Waals surface area contributed by atoms with Crippen LogP contribution in [0.15, 0.2) is 18.2 Å². The quantitative estimate of drug-likeness (QED) is 0.521. The van der Waals surface area contributed by atoms with Gasteiger partial charge in [-0.15, -0.1) is 11.3 Å². The second-order valence-electron chi connectivity index (χ2n) is 7.21. The number of hydrogen-bond donors (Lipinski definition) is 0. The number of anilines is 1. The molecule has 2 aromatic rings. The molecule has 0 saturated heterocycles. The fourth-order valence-corrected chi connectivity index (χ4v) is 3.53. The van der Waals surface area contributed by atoms with Gasteiger partial charge in [-0.1, -0.05) is 0 Å². The maximum absolute atomic E-state index is 12.4. The van der Waals surface area contributed by atoms with Crippen molar-refractivity contribution < 1.29 is 28.6 Å². The summed E-state index contributed by atoms with van der Waals surface area (Å²) in [4.78, 5) is 37.9. The van der Waals surface area contributed by atoms with Crippen LogP contribution < -0.4 is 9.64 Å². The van der Waals surface area contributed by atoms with E-state index in [1.165, 1.54) is 30.5 Å². The Hall–Kier alpha value is -2.61. The molecule has 0 spiro atoms. The molecule has 0 radical (unpaired) electrons. The Kier molecular flexibility index (Phi) is 6.66. The van der Waals surface area contributed by atoms with Gasteiger partial charge in [0.05, 0.1) is 31.2 Å². The Morgan fingerprint density at radius 3 is 2.32 bits per heavy atom. The normalized spacial score (nSPS) is 11.2. The SMILES string of the molecule is COC(=O)CCC(=O)c1cc2cc(OC)c(N(C)C(=O)OC(C)(C)C)cc2s1. The highest BCUT2D eigenvalue weighted by atomic mass is 32.1. The van der Waals surface area contributed by atoms with Crippen molar-refractivity contribution in [1.82, 2.24) is 0 Å². The molecule has 0 atom stereocenters. The van der Waals surface area contributed by atoms with Gasteiger partial charge in [0.1, 0.15) is 11.4 Å². The molecule has 1 aromatic heterocycles. The van der Waals surface area contributed by atoms with Crippen molar-refractivity contribution in [3.8, 4) is 5.75 Å². The molecule has 8 heteroatoms. The zero-order chi connectivity index (χ0) is 21.1. The van der Waals surface area contributed by atoms with Crippen LogP contribution in [0, 0.1) is 0 Å². The molecule has 1 aromatic carbocycles. The molecular weight excluding hydrogens is 382 g/mol. The molecule has 0 bridgehead atoms. The molecule has 2 rings (SSSR count). The molecule has 0 unspecified atom stereocenters. The summed E-state index contributed by atoms with van der Waals surface area (Å²) in [5.74, 6) is -0.0581. The summed E-state index contributed by atoms with van der Waals surface area (Å²) < 4.78 is 16.2. The standard InChI is InChI=1S/C20H25NO6S/c1-20(2,3)27-19(24)21(4)13-11-16-12(9-15(13)25-5)10-17(28-16)14(22)7-8-18(23)26-6/h9-11H,7-8H2,1-6H3. The molecule has 0 N–H and O–H groups in total. The van der Waals surface area contributed by atoms with Crippen LogP contribution in [0.4, 0.5) is 10.5 Å². The van der Waals surface area contributed by atoms with E-state index in [4.69, 9.17) is 9.47 Å². The Balaban J connectivity index is 2.32. The van der Waals surface area contributed by atoms with Gasteiger partial charge in [0.15, 0.2) is 5.78 Å². The van der Waals surface area contributed by atoms with Crippen molar-refractivity contribution in [2.45, 2.75) is 39.2 Å². The topological polar surface area (TPSA) is 82.1 Å². The van der Waals surface area contributed by atoms with E-state index in [1.54, 1.807) is 46.0 Å². The summed E-state index contributed by atoms with van der Waals surface area (Å²) in [7, 11) is 4.41. The maximum Gasteiger partial charge on any atom is 0.414 e. The van der Waals surface area contributed by atoms with E-state index in [1.807, 2.05) is 0 Å². The summed E-state index contributed by atoms with van der Waals surface area (Å²) in [6, 6.07) is 5.33. The molecule has 1 heterocycles. The Labute approximate surface area is 168 Å². The first-order valence-electron chi connectivity index (χ1n) is 8.74. The fraction of sp³-hybridized carbons (Fsp3) is 0.450. The highest BCUT2D eigenvalue weighted by Crippen LogP contribution is 2.37. The predicted molar refractivity (Wildman–Crippen MR) is 109 cm³/mol. The summed E-state index contributed by atoms with van der Waals surface area (Å²) in [5, 5.41) is 0.824. The van der Waals surface area contributed by atoms with E-state index in [9.17, 15) is 14.4 Å². The molecule has 1 amide bonds. The number of amides is 1. The van der Waals surface area contributed by atoms with Crippen molar-refractivity contribution >= 4 is 45.0 Å². The van der Waals surface area contributed by atoms with Crippen LogP contribution in [0.5, 0.6) is 5.75 Å². The van der Waals surface area contributed by atoms with Crippen LogP contribution in [-0.2, 0) is 14.3 Å². The third-order valence-corrected chi connectivity index (χ3v) is 5.04. The van der Waals surface area contributed by atoms with Gasteiger partial charge >= 0.3 is 12.1 Å².